The molecule has 1 aliphatic carbocycles. The van der Waals surface area contributed by atoms with Gasteiger partial charge in [-0.05, 0) is 25.5 Å². The summed E-state index contributed by atoms with van der Waals surface area (Å²) in [6, 6.07) is 3.90. The van der Waals surface area contributed by atoms with Crippen LogP contribution in [0, 0.1) is 18.3 Å². The van der Waals surface area contributed by atoms with Gasteiger partial charge in [-0.1, -0.05) is 13.8 Å². The molecule has 7 heteroatoms. The minimum Gasteiger partial charge on any atom is -0.377 e. The van der Waals surface area contributed by atoms with Crippen molar-refractivity contribution in [2.75, 3.05) is 19.7 Å². The lowest BCUT2D eigenvalue weighted by Gasteiger charge is -2.55. The van der Waals surface area contributed by atoms with Crippen molar-refractivity contribution in [3.63, 3.8) is 0 Å². The second-order valence-corrected chi connectivity index (χ2v) is 10.0. The number of thiophene rings is 1. The Morgan fingerprint density at radius 3 is 2.82 bits per heavy atom. The number of hydrogen-bond donors (Lipinski definition) is 2. The first-order valence-corrected chi connectivity index (χ1v) is 10.0. The third-order valence-corrected chi connectivity index (χ3v) is 7.82. The maximum Gasteiger partial charge on any atom is 0.250 e. The van der Waals surface area contributed by atoms with Gasteiger partial charge in [0.1, 0.15) is 4.21 Å². The van der Waals surface area contributed by atoms with Crippen LogP contribution in [0.1, 0.15) is 25.1 Å². The van der Waals surface area contributed by atoms with E-state index in [0.29, 0.717) is 35.4 Å². The fourth-order valence-electron chi connectivity index (χ4n) is 3.78. The Morgan fingerprint density at radius 2 is 2.14 bits per heavy atom. The van der Waals surface area contributed by atoms with Crippen LogP contribution in [0.5, 0.6) is 0 Å². The average Bonchev–Trinajstić information content (AvgIpc) is 3.06. The highest BCUT2D eigenvalue weighted by Gasteiger charge is 2.58. The number of rotatable bonds is 6. The van der Waals surface area contributed by atoms with Crippen molar-refractivity contribution in [3.05, 3.63) is 17.0 Å². The molecule has 22 heavy (non-hydrogen) atoms. The topological polar surface area (TPSA) is 67.4 Å². The maximum atomic E-state index is 12.1. The van der Waals surface area contributed by atoms with E-state index in [1.54, 1.807) is 6.07 Å². The summed E-state index contributed by atoms with van der Waals surface area (Å²) in [7, 11) is -3.37. The summed E-state index contributed by atoms with van der Waals surface area (Å²) in [4.78, 5) is 1.00. The molecule has 3 rings (SSSR count). The molecule has 1 aromatic heterocycles. The van der Waals surface area contributed by atoms with E-state index in [1.165, 1.54) is 11.3 Å². The van der Waals surface area contributed by atoms with E-state index in [1.807, 2.05) is 13.0 Å². The molecule has 2 heterocycles. The summed E-state index contributed by atoms with van der Waals surface area (Å²) in [5.41, 5.74) is 0.130. The van der Waals surface area contributed by atoms with Gasteiger partial charge in [-0.15, -0.1) is 11.3 Å². The van der Waals surface area contributed by atoms with Gasteiger partial charge in [-0.2, -0.15) is 0 Å². The molecular weight excluding hydrogens is 320 g/mol. The van der Waals surface area contributed by atoms with E-state index in [9.17, 15) is 8.42 Å². The van der Waals surface area contributed by atoms with Crippen LogP contribution in [0.3, 0.4) is 0 Å². The smallest absolute Gasteiger partial charge is 0.250 e. The van der Waals surface area contributed by atoms with Gasteiger partial charge in [-0.25, -0.2) is 13.1 Å². The predicted octanol–water partition coefficient (Wildman–Crippen LogP) is 1.74. The first-order chi connectivity index (χ1) is 10.3. The summed E-state index contributed by atoms with van der Waals surface area (Å²) in [6.07, 6.45) is 1.46. The van der Waals surface area contributed by atoms with Crippen molar-refractivity contribution >= 4 is 21.4 Å². The number of fused-ring (bicyclic) bond motifs is 1. The Balaban J connectivity index is 1.48. The Labute approximate surface area is 136 Å². The number of hydrogen-bond acceptors (Lipinski definition) is 5. The zero-order chi connectivity index (χ0) is 16.0. The summed E-state index contributed by atoms with van der Waals surface area (Å²) in [5, 5.41) is 3.51. The Kier molecular flexibility index (Phi) is 4.37. The highest BCUT2D eigenvalue weighted by Crippen LogP contribution is 2.51. The van der Waals surface area contributed by atoms with E-state index in [2.05, 4.69) is 23.9 Å². The number of sulfonamides is 1. The van der Waals surface area contributed by atoms with Crippen LogP contribution in [0.4, 0.5) is 0 Å². The molecular formula is C15H24N2O3S2. The molecule has 1 aromatic rings. The van der Waals surface area contributed by atoms with E-state index >= 15 is 0 Å². The van der Waals surface area contributed by atoms with Crippen molar-refractivity contribution < 1.29 is 13.2 Å². The molecule has 3 atom stereocenters. The molecule has 2 aliphatic rings. The van der Waals surface area contributed by atoms with Crippen LogP contribution in [-0.2, 0) is 14.8 Å². The first-order valence-electron chi connectivity index (χ1n) is 7.73. The van der Waals surface area contributed by atoms with Gasteiger partial charge in [0, 0.05) is 41.9 Å². The molecule has 1 saturated carbocycles. The molecule has 2 fully saturated rings. The minimum absolute atomic E-state index is 0.130. The third kappa shape index (κ3) is 2.85. The third-order valence-electron chi connectivity index (χ3n) is 4.86. The Bertz CT molecular complexity index is 639. The fourth-order valence-corrected chi connectivity index (χ4v) is 6.14. The van der Waals surface area contributed by atoms with Crippen molar-refractivity contribution in [2.24, 2.45) is 11.3 Å². The standard InChI is InChI=1S/C15H24N2O3S2/c1-10-4-5-12(21-10)22(18,19)17-8-7-16-13-11-6-9-20-14(11)15(13,2)3/h4-5,11,13-14,16-17H,6-9H2,1-3H3. The summed E-state index contributed by atoms with van der Waals surface area (Å²) < 4.78 is 33.1. The molecule has 124 valence electrons. The van der Waals surface area contributed by atoms with Gasteiger partial charge in [0.15, 0.2) is 0 Å². The molecule has 3 unspecified atom stereocenters. The molecule has 0 amide bonds. The quantitative estimate of drug-likeness (QED) is 0.772. The van der Waals surface area contributed by atoms with Crippen molar-refractivity contribution in [1.82, 2.24) is 10.0 Å². The normalized spacial score (nSPS) is 30.0. The first kappa shape index (κ1) is 16.4. The average molecular weight is 345 g/mol. The molecule has 5 nitrogen and oxygen atoms in total. The second-order valence-electron chi connectivity index (χ2n) is 6.76. The van der Waals surface area contributed by atoms with E-state index < -0.39 is 10.0 Å². The van der Waals surface area contributed by atoms with Crippen molar-refractivity contribution in [1.29, 1.82) is 0 Å². The Morgan fingerprint density at radius 1 is 1.36 bits per heavy atom. The van der Waals surface area contributed by atoms with Crippen molar-refractivity contribution in [2.45, 2.75) is 43.5 Å². The van der Waals surface area contributed by atoms with Gasteiger partial charge in [-0.3, -0.25) is 0 Å². The number of ether oxygens (including phenoxy) is 1. The number of aryl methyl sites for hydroxylation is 1. The molecule has 2 N–H and O–H groups in total. The van der Waals surface area contributed by atoms with Gasteiger partial charge >= 0.3 is 0 Å². The van der Waals surface area contributed by atoms with E-state index in [-0.39, 0.29) is 5.41 Å². The maximum absolute atomic E-state index is 12.1. The zero-order valence-electron chi connectivity index (χ0n) is 13.3. The monoisotopic (exact) mass is 344 g/mol. The highest BCUT2D eigenvalue weighted by molar-refractivity contribution is 7.91. The van der Waals surface area contributed by atoms with Crippen LogP contribution in [0.15, 0.2) is 16.3 Å². The summed E-state index contributed by atoms with van der Waals surface area (Å²) >= 11 is 1.30. The van der Waals surface area contributed by atoms with E-state index in [4.69, 9.17) is 4.74 Å². The van der Waals surface area contributed by atoms with Crippen LogP contribution in [0.2, 0.25) is 0 Å². The fraction of sp³-hybridized carbons (Fsp3) is 0.733. The largest absolute Gasteiger partial charge is 0.377 e. The van der Waals surface area contributed by atoms with Gasteiger partial charge in [0.05, 0.1) is 6.10 Å². The predicted molar refractivity (Wildman–Crippen MR) is 87.7 cm³/mol. The minimum atomic E-state index is -3.37. The van der Waals surface area contributed by atoms with Crippen LogP contribution < -0.4 is 10.0 Å². The molecule has 1 saturated heterocycles. The molecule has 0 radical (unpaired) electrons. The zero-order valence-corrected chi connectivity index (χ0v) is 14.9. The lowest BCUT2D eigenvalue weighted by atomic mass is 9.57. The second kappa shape index (κ2) is 5.87. The molecule has 0 spiro atoms. The van der Waals surface area contributed by atoms with Gasteiger partial charge in [0.2, 0.25) is 10.0 Å². The Hall–Kier alpha value is -0.470. The summed E-state index contributed by atoms with van der Waals surface area (Å²) in [6.45, 7) is 8.24. The molecule has 0 aromatic carbocycles. The van der Waals surface area contributed by atoms with Gasteiger partial charge in [0.25, 0.3) is 0 Å². The highest BCUT2D eigenvalue weighted by atomic mass is 32.2. The number of nitrogens with one attached hydrogen (secondary N) is 2. The summed E-state index contributed by atoms with van der Waals surface area (Å²) in [5.74, 6) is 0.576. The van der Waals surface area contributed by atoms with Crippen LogP contribution in [-0.4, -0.2) is 40.3 Å². The lowest BCUT2D eigenvalue weighted by molar-refractivity contribution is -0.112. The van der Waals surface area contributed by atoms with Gasteiger partial charge < -0.3 is 10.1 Å². The van der Waals surface area contributed by atoms with Crippen LogP contribution in [0.25, 0.3) is 0 Å². The lowest BCUT2D eigenvalue weighted by Crippen LogP contribution is -2.66. The molecule has 0 bridgehead atoms. The van der Waals surface area contributed by atoms with Crippen LogP contribution >= 0.6 is 11.3 Å². The molecule has 1 aliphatic heterocycles. The van der Waals surface area contributed by atoms with Crippen molar-refractivity contribution in [3.8, 4) is 0 Å². The van der Waals surface area contributed by atoms with E-state index in [0.717, 1.165) is 17.9 Å². The SMILES string of the molecule is Cc1ccc(S(=O)(=O)NCCNC2C3CCOC3C2(C)C)s1.